The molecule has 0 unspecified atom stereocenters. The summed E-state index contributed by atoms with van der Waals surface area (Å²) < 4.78 is 0. The van der Waals surface area contributed by atoms with Gasteiger partial charge in [-0.25, -0.2) is 0 Å². The van der Waals surface area contributed by atoms with E-state index in [-0.39, 0.29) is 6.10 Å². The molecule has 76 valence electrons. The van der Waals surface area contributed by atoms with Crippen LogP contribution in [0.3, 0.4) is 0 Å². The first-order chi connectivity index (χ1) is 6.84. The number of aliphatic hydroxyl groups excluding tert-OH is 1. The first kappa shape index (κ1) is 9.69. The highest BCUT2D eigenvalue weighted by atomic mass is 16.3. The lowest BCUT2D eigenvalue weighted by atomic mass is 9.96. The van der Waals surface area contributed by atoms with Gasteiger partial charge in [-0.1, -0.05) is 30.3 Å². The van der Waals surface area contributed by atoms with Crippen LogP contribution in [0.5, 0.6) is 0 Å². The summed E-state index contributed by atoms with van der Waals surface area (Å²) in [7, 11) is 0. The quantitative estimate of drug-likeness (QED) is 0.739. The highest BCUT2D eigenvalue weighted by molar-refractivity contribution is 5.16. The van der Waals surface area contributed by atoms with E-state index in [2.05, 4.69) is 29.6 Å². The van der Waals surface area contributed by atoms with E-state index in [4.69, 9.17) is 0 Å². The van der Waals surface area contributed by atoms with Crippen molar-refractivity contribution in [2.45, 2.75) is 31.4 Å². The summed E-state index contributed by atoms with van der Waals surface area (Å²) >= 11 is 0. The second-order valence-electron chi connectivity index (χ2n) is 4.02. The Hall–Kier alpha value is -0.860. The normalized spacial score (nSPS) is 27.5. The Morgan fingerprint density at radius 1 is 1.29 bits per heavy atom. The van der Waals surface area contributed by atoms with Crippen LogP contribution in [0.4, 0.5) is 0 Å². The van der Waals surface area contributed by atoms with E-state index in [9.17, 15) is 5.11 Å². The van der Waals surface area contributed by atoms with Gasteiger partial charge in [0.15, 0.2) is 0 Å². The molecule has 1 aliphatic heterocycles. The number of hydrogen-bond acceptors (Lipinski definition) is 2. The molecule has 2 heteroatoms. The molecule has 2 nitrogen and oxygen atoms in total. The van der Waals surface area contributed by atoms with Gasteiger partial charge in [0.25, 0.3) is 0 Å². The average molecular weight is 191 g/mol. The molecule has 1 fully saturated rings. The Labute approximate surface area is 85.0 Å². The zero-order valence-corrected chi connectivity index (χ0v) is 8.32. The molecule has 0 bridgehead atoms. The number of hydrogen-bond donors (Lipinski definition) is 2. The first-order valence-electron chi connectivity index (χ1n) is 5.30. The Morgan fingerprint density at radius 2 is 2.07 bits per heavy atom. The third-order valence-electron chi connectivity index (χ3n) is 2.79. The maximum absolute atomic E-state index is 9.52. The number of nitrogens with one attached hydrogen (secondary N) is 1. The highest BCUT2D eigenvalue weighted by Gasteiger charge is 2.19. The van der Waals surface area contributed by atoms with E-state index in [0.29, 0.717) is 6.04 Å². The van der Waals surface area contributed by atoms with Gasteiger partial charge in [-0.05, 0) is 31.4 Å². The van der Waals surface area contributed by atoms with E-state index < -0.39 is 0 Å². The molecule has 0 aliphatic carbocycles. The van der Waals surface area contributed by atoms with Crippen molar-refractivity contribution in [3.05, 3.63) is 35.9 Å². The lowest BCUT2D eigenvalue weighted by molar-refractivity contribution is 0.116. The fourth-order valence-electron chi connectivity index (χ4n) is 2.04. The number of rotatable bonds is 2. The summed E-state index contributed by atoms with van der Waals surface area (Å²) in [6, 6.07) is 10.9. The summed E-state index contributed by atoms with van der Waals surface area (Å²) in [6.45, 7) is 0.943. The molecule has 0 radical (unpaired) electrons. The van der Waals surface area contributed by atoms with Gasteiger partial charge in [0.1, 0.15) is 0 Å². The van der Waals surface area contributed by atoms with Gasteiger partial charge in [-0.15, -0.1) is 0 Å². The van der Waals surface area contributed by atoms with Crippen LogP contribution >= 0.6 is 0 Å². The fraction of sp³-hybridized carbons (Fsp3) is 0.500. The molecule has 2 rings (SSSR count). The average Bonchev–Trinajstić information content (AvgIpc) is 2.19. The Balaban J connectivity index is 1.91. The molecule has 0 aromatic heterocycles. The van der Waals surface area contributed by atoms with E-state index in [1.165, 1.54) is 5.56 Å². The molecule has 1 aliphatic rings. The van der Waals surface area contributed by atoms with E-state index in [1.807, 2.05) is 6.07 Å². The standard InChI is InChI=1S/C12H17NO/c14-12-6-7-13-11(9-12)8-10-4-2-1-3-5-10/h1-5,11-14H,6-9H2/t11-,12-/m0/s1. The van der Waals surface area contributed by atoms with Crippen molar-refractivity contribution in [3.8, 4) is 0 Å². The van der Waals surface area contributed by atoms with Gasteiger partial charge >= 0.3 is 0 Å². The van der Waals surface area contributed by atoms with Crippen LogP contribution in [0.25, 0.3) is 0 Å². The molecule has 0 spiro atoms. The first-order valence-corrected chi connectivity index (χ1v) is 5.30. The van der Waals surface area contributed by atoms with Crippen LogP contribution in [0.15, 0.2) is 30.3 Å². The summed E-state index contributed by atoms with van der Waals surface area (Å²) in [5.74, 6) is 0. The maximum atomic E-state index is 9.52. The molecule has 1 saturated heterocycles. The van der Waals surface area contributed by atoms with E-state index in [0.717, 1.165) is 25.8 Å². The van der Waals surface area contributed by atoms with Crippen molar-refractivity contribution >= 4 is 0 Å². The van der Waals surface area contributed by atoms with Crippen molar-refractivity contribution in [1.82, 2.24) is 5.32 Å². The monoisotopic (exact) mass is 191 g/mol. The molecular weight excluding hydrogens is 174 g/mol. The minimum Gasteiger partial charge on any atom is -0.393 e. The number of piperidine rings is 1. The van der Waals surface area contributed by atoms with Crippen LogP contribution in [0.2, 0.25) is 0 Å². The van der Waals surface area contributed by atoms with Gasteiger partial charge < -0.3 is 10.4 Å². The molecule has 14 heavy (non-hydrogen) atoms. The van der Waals surface area contributed by atoms with Crippen molar-refractivity contribution < 1.29 is 5.11 Å². The van der Waals surface area contributed by atoms with E-state index >= 15 is 0 Å². The second kappa shape index (κ2) is 4.58. The summed E-state index contributed by atoms with van der Waals surface area (Å²) in [5.41, 5.74) is 1.35. The Kier molecular flexibility index (Phi) is 3.17. The lowest BCUT2D eigenvalue weighted by Gasteiger charge is -2.27. The smallest absolute Gasteiger partial charge is 0.0567 e. The fourth-order valence-corrected chi connectivity index (χ4v) is 2.04. The van der Waals surface area contributed by atoms with Gasteiger partial charge in [-0.2, -0.15) is 0 Å². The van der Waals surface area contributed by atoms with E-state index in [1.54, 1.807) is 0 Å². The molecule has 1 aromatic carbocycles. The predicted molar refractivity (Wildman–Crippen MR) is 57.2 cm³/mol. The molecule has 2 N–H and O–H groups in total. The SMILES string of the molecule is O[C@H]1CCN[C@@H](Cc2ccccc2)C1. The number of aliphatic hydroxyl groups is 1. The van der Waals surface area contributed by atoms with Crippen molar-refractivity contribution in [2.24, 2.45) is 0 Å². The summed E-state index contributed by atoms with van der Waals surface area (Å²) in [5, 5.41) is 13.0. The van der Waals surface area contributed by atoms with Gasteiger partial charge in [0.05, 0.1) is 6.10 Å². The lowest BCUT2D eigenvalue weighted by Crippen LogP contribution is -2.41. The molecular formula is C12H17NO. The maximum Gasteiger partial charge on any atom is 0.0567 e. The van der Waals surface area contributed by atoms with Gasteiger partial charge in [-0.3, -0.25) is 0 Å². The molecule has 0 amide bonds. The van der Waals surface area contributed by atoms with Gasteiger partial charge in [0.2, 0.25) is 0 Å². The van der Waals surface area contributed by atoms with Crippen molar-refractivity contribution in [1.29, 1.82) is 0 Å². The minimum absolute atomic E-state index is 0.107. The third-order valence-corrected chi connectivity index (χ3v) is 2.79. The zero-order chi connectivity index (χ0) is 9.80. The molecule has 1 aromatic rings. The van der Waals surface area contributed by atoms with Crippen LogP contribution in [0.1, 0.15) is 18.4 Å². The molecule has 1 heterocycles. The zero-order valence-electron chi connectivity index (χ0n) is 8.32. The topological polar surface area (TPSA) is 32.3 Å². The molecule has 0 saturated carbocycles. The Morgan fingerprint density at radius 3 is 2.79 bits per heavy atom. The Bertz CT molecular complexity index is 273. The van der Waals surface area contributed by atoms with Crippen molar-refractivity contribution in [2.75, 3.05) is 6.54 Å². The summed E-state index contributed by atoms with van der Waals surface area (Å²) in [6.07, 6.45) is 2.70. The van der Waals surface area contributed by atoms with Crippen LogP contribution < -0.4 is 5.32 Å². The third kappa shape index (κ3) is 2.56. The molecule has 2 atom stereocenters. The van der Waals surface area contributed by atoms with Crippen molar-refractivity contribution in [3.63, 3.8) is 0 Å². The van der Waals surface area contributed by atoms with Crippen LogP contribution in [-0.4, -0.2) is 23.8 Å². The van der Waals surface area contributed by atoms with Gasteiger partial charge in [0, 0.05) is 6.04 Å². The highest BCUT2D eigenvalue weighted by Crippen LogP contribution is 2.13. The van der Waals surface area contributed by atoms with Crippen LogP contribution in [0, 0.1) is 0 Å². The minimum atomic E-state index is -0.107. The van der Waals surface area contributed by atoms with Crippen LogP contribution in [-0.2, 0) is 6.42 Å². The number of benzene rings is 1. The largest absolute Gasteiger partial charge is 0.393 e. The summed E-state index contributed by atoms with van der Waals surface area (Å²) in [4.78, 5) is 0. The second-order valence-corrected chi connectivity index (χ2v) is 4.02. The predicted octanol–water partition coefficient (Wildman–Crippen LogP) is 1.34.